The molecule has 0 saturated carbocycles. The molecule has 0 amide bonds. The maximum absolute atomic E-state index is 11.5. The molecule has 0 N–H and O–H groups in total. The van der Waals surface area contributed by atoms with Crippen molar-refractivity contribution in [3.63, 3.8) is 0 Å². The van der Waals surface area contributed by atoms with E-state index in [9.17, 15) is 4.79 Å². The van der Waals surface area contributed by atoms with Crippen LogP contribution >= 0.6 is 0 Å². The molecule has 0 atom stereocenters. The lowest BCUT2D eigenvalue weighted by molar-refractivity contribution is 0.0594. The van der Waals surface area contributed by atoms with Crippen molar-refractivity contribution >= 4 is 11.7 Å². The van der Waals surface area contributed by atoms with E-state index in [-0.39, 0.29) is 5.69 Å². The number of carbonyl (C=O) groups is 1. The number of anilines is 1. The summed E-state index contributed by atoms with van der Waals surface area (Å²) in [6.45, 7) is 0.625. The van der Waals surface area contributed by atoms with Gasteiger partial charge in [-0.3, -0.25) is 0 Å². The number of ether oxygens (including phenoxy) is 1. The Morgan fingerprint density at radius 2 is 2.19 bits per heavy atom. The van der Waals surface area contributed by atoms with Crippen LogP contribution in [0.1, 0.15) is 21.6 Å². The number of rotatable bonds is 4. The Morgan fingerprint density at radius 1 is 1.38 bits per heavy atom. The normalized spacial score (nSPS) is 9.76. The molecule has 1 aromatic carbocycles. The maximum Gasteiger partial charge on any atom is 0.356 e. The Kier molecular flexibility index (Phi) is 4.52. The van der Waals surface area contributed by atoms with Crippen LogP contribution in [0.4, 0.5) is 5.69 Å². The summed E-state index contributed by atoms with van der Waals surface area (Å²) in [6, 6.07) is 13.1. The summed E-state index contributed by atoms with van der Waals surface area (Å²) in [7, 11) is 3.24. The van der Waals surface area contributed by atoms with E-state index in [2.05, 4.69) is 15.8 Å². The Balaban J connectivity index is 2.18. The number of methoxy groups -OCH3 is 1. The SMILES string of the molecule is COC(=O)c1cc(N(C)Cc2cccc(C#N)c2)ccn1. The standard InChI is InChI=1S/C16H15N3O2/c1-19(11-13-5-3-4-12(8-13)10-17)14-6-7-18-15(9-14)16(20)21-2/h3-9H,11H2,1-2H3. The Hall–Kier alpha value is -2.87. The van der Waals surface area contributed by atoms with E-state index in [4.69, 9.17) is 5.26 Å². The first kappa shape index (κ1) is 14.5. The Morgan fingerprint density at radius 3 is 2.90 bits per heavy atom. The molecule has 106 valence electrons. The van der Waals surface area contributed by atoms with Gasteiger partial charge in [-0.2, -0.15) is 5.26 Å². The van der Waals surface area contributed by atoms with Crippen LogP contribution in [0.2, 0.25) is 0 Å². The second-order valence-corrected chi connectivity index (χ2v) is 4.56. The third kappa shape index (κ3) is 3.57. The van der Waals surface area contributed by atoms with Gasteiger partial charge in [0.25, 0.3) is 0 Å². The average Bonchev–Trinajstić information content (AvgIpc) is 2.54. The lowest BCUT2D eigenvalue weighted by Gasteiger charge is -2.19. The molecule has 2 aromatic rings. The van der Waals surface area contributed by atoms with E-state index in [0.717, 1.165) is 11.3 Å². The highest BCUT2D eigenvalue weighted by Crippen LogP contribution is 2.17. The Bertz CT molecular complexity index is 692. The molecule has 0 radical (unpaired) electrons. The van der Waals surface area contributed by atoms with Crippen molar-refractivity contribution in [3.8, 4) is 6.07 Å². The monoisotopic (exact) mass is 281 g/mol. The number of esters is 1. The average molecular weight is 281 g/mol. The van der Waals surface area contributed by atoms with Crippen molar-refractivity contribution in [2.45, 2.75) is 6.54 Å². The van der Waals surface area contributed by atoms with Crippen LogP contribution in [0.3, 0.4) is 0 Å². The van der Waals surface area contributed by atoms with E-state index >= 15 is 0 Å². The summed E-state index contributed by atoms with van der Waals surface area (Å²) < 4.78 is 4.66. The summed E-state index contributed by atoms with van der Waals surface area (Å²) in [5, 5.41) is 8.91. The van der Waals surface area contributed by atoms with Crippen LogP contribution in [0, 0.1) is 11.3 Å². The zero-order valence-electron chi connectivity index (χ0n) is 11.9. The van der Waals surface area contributed by atoms with Gasteiger partial charge >= 0.3 is 5.97 Å². The van der Waals surface area contributed by atoms with Crippen LogP contribution in [0.25, 0.3) is 0 Å². The first-order valence-corrected chi connectivity index (χ1v) is 6.38. The highest BCUT2D eigenvalue weighted by Gasteiger charge is 2.10. The zero-order valence-corrected chi connectivity index (χ0v) is 11.9. The third-order valence-corrected chi connectivity index (χ3v) is 3.05. The largest absolute Gasteiger partial charge is 0.464 e. The number of hydrogen-bond acceptors (Lipinski definition) is 5. The molecular weight excluding hydrogens is 266 g/mol. The number of hydrogen-bond donors (Lipinski definition) is 0. The molecular formula is C16H15N3O2. The van der Waals surface area contributed by atoms with Crippen LogP contribution in [0.5, 0.6) is 0 Å². The molecule has 2 rings (SSSR count). The minimum atomic E-state index is -0.461. The number of pyridine rings is 1. The van der Waals surface area contributed by atoms with E-state index in [1.165, 1.54) is 7.11 Å². The van der Waals surface area contributed by atoms with E-state index in [0.29, 0.717) is 12.1 Å². The highest BCUT2D eigenvalue weighted by atomic mass is 16.5. The van der Waals surface area contributed by atoms with Crippen molar-refractivity contribution in [2.75, 3.05) is 19.1 Å². The molecule has 1 aromatic heterocycles. The summed E-state index contributed by atoms with van der Waals surface area (Å²) >= 11 is 0. The summed E-state index contributed by atoms with van der Waals surface area (Å²) in [5.74, 6) is -0.461. The van der Waals surface area contributed by atoms with Crippen LogP contribution in [-0.2, 0) is 11.3 Å². The number of carbonyl (C=O) groups excluding carboxylic acids is 1. The van der Waals surface area contributed by atoms with Crippen LogP contribution < -0.4 is 4.90 Å². The minimum absolute atomic E-state index is 0.271. The fourth-order valence-corrected chi connectivity index (χ4v) is 1.98. The van der Waals surface area contributed by atoms with Gasteiger partial charge in [0.05, 0.1) is 18.7 Å². The molecule has 0 fully saturated rings. The molecule has 0 aliphatic rings. The minimum Gasteiger partial charge on any atom is -0.464 e. The van der Waals surface area contributed by atoms with Crippen molar-refractivity contribution in [1.82, 2.24) is 4.98 Å². The molecule has 0 unspecified atom stereocenters. The van der Waals surface area contributed by atoms with Crippen molar-refractivity contribution in [2.24, 2.45) is 0 Å². The number of benzene rings is 1. The molecule has 0 spiro atoms. The second kappa shape index (κ2) is 6.53. The fraction of sp³-hybridized carbons (Fsp3) is 0.188. The van der Waals surface area contributed by atoms with Crippen LogP contribution in [0.15, 0.2) is 42.6 Å². The highest BCUT2D eigenvalue weighted by molar-refractivity contribution is 5.88. The fourth-order valence-electron chi connectivity index (χ4n) is 1.98. The second-order valence-electron chi connectivity index (χ2n) is 4.56. The van der Waals surface area contributed by atoms with E-state index in [1.54, 1.807) is 18.3 Å². The van der Waals surface area contributed by atoms with Crippen molar-refractivity contribution in [3.05, 3.63) is 59.4 Å². The zero-order chi connectivity index (χ0) is 15.2. The van der Waals surface area contributed by atoms with Gasteiger partial charge in [0, 0.05) is 25.5 Å². The predicted octanol–water partition coefficient (Wildman–Crippen LogP) is 2.38. The smallest absolute Gasteiger partial charge is 0.356 e. The molecule has 0 saturated heterocycles. The number of nitriles is 1. The van der Waals surface area contributed by atoms with E-state index in [1.807, 2.05) is 36.2 Å². The third-order valence-electron chi connectivity index (χ3n) is 3.05. The number of aromatic nitrogens is 1. The van der Waals surface area contributed by atoms with Crippen molar-refractivity contribution in [1.29, 1.82) is 5.26 Å². The van der Waals surface area contributed by atoms with Gasteiger partial charge < -0.3 is 9.64 Å². The lowest BCUT2D eigenvalue weighted by Crippen LogP contribution is -2.17. The molecule has 0 bridgehead atoms. The molecule has 0 aliphatic heterocycles. The summed E-state index contributed by atoms with van der Waals surface area (Å²) in [5.41, 5.74) is 2.78. The molecule has 5 nitrogen and oxygen atoms in total. The summed E-state index contributed by atoms with van der Waals surface area (Å²) in [4.78, 5) is 17.5. The predicted molar refractivity (Wildman–Crippen MR) is 78.8 cm³/mol. The van der Waals surface area contributed by atoms with E-state index < -0.39 is 5.97 Å². The van der Waals surface area contributed by atoms with Gasteiger partial charge in [-0.05, 0) is 29.8 Å². The van der Waals surface area contributed by atoms with Gasteiger partial charge in [0.2, 0.25) is 0 Å². The first-order valence-electron chi connectivity index (χ1n) is 6.38. The van der Waals surface area contributed by atoms with Gasteiger partial charge in [-0.25, -0.2) is 9.78 Å². The summed E-state index contributed by atoms with van der Waals surface area (Å²) in [6.07, 6.45) is 1.57. The van der Waals surface area contributed by atoms with Crippen LogP contribution in [-0.4, -0.2) is 25.1 Å². The molecule has 0 aliphatic carbocycles. The molecule has 21 heavy (non-hydrogen) atoms. The lowest BCUT2D eigenvalue weighted by atomic mass is 10.1. The number of nitrogens with zero attached hydrogens (tertiary/aromatic N) is 3. The first-order chi connectivity index (χ1) is 10.1. The maximum atomic E-state index is 11.5. The van der Waals surface area contributed by atoms with Gasteiger partial charge in [0.1, 0.15) is 5.69 Å². The topological polar surface area (TPSA) is 66.2 Å². The van der Waals surface area contributed by atoms with Gasteiger partial charge in [-0.15, -0.1) is 0 Å². The molecule has 5 heteroatoms. The van der Waals surface area contributed by atoms with Gasteiger partial charge in [-0.1, -0.05) is 12.1 Å². The Labute approximate surface area is 123 Å². The molecule has 1 heterocycles. The van der Waals surface area contributed by atoms with Crippen molar-refractivity contribution < 1.29 is 9.53 Å². The quantitative estimate of drug-likeness (QED) is 0.805. The van der Waals surface area contributed by atoms with Gasteiger partial charge in [0.15, 0.2) is 0 Å².